The van der Waals surface area contributed by atoms with Crippen molar-refractivity contribution in [2.75, 3.05) is 19.3 Å². The van der Waals surface area contributed by atoms with Crippen molar-refractivity contribution in [3.05, 3.63) is 16.1 Å². The van der Waals surface area contributed by atoms with E-state index in [1.54, 1.807) is 11.3 Å². The fourth-order valence-electron chi connectivity index (χ4n) is 1.99. The van der Waals surface area contributed by atoms with Gasteiger partial charge in [0.05, 0.1) is 18.5 Å². The highest BCUT2D eigenvalue weighted by molar-refractivity contribution is 7.88. The number of hydrogen-bond donors (Lipinski definition) is 3. The predicted molar refractivity (Wildman–Crippen MR) is 101 cm³/mol. The van der Waals surface area contributed by atoms with Crippen molar-refractivity contribution in [3.8, 4) is 0 Å². The Kier molecular flexibility index (Phi) is 7.62. The maximum atomic E-state index is 11.4. The number of thiazole rings is 1. The van der Waals surface area contributed by atoms with Crippen LogP contribution in [0.25, 0.3) is 0 Å². The van der Waals surface area contributed by atoms with Crippen LogP contribution >= 0.6 is 11.3 Å². The number of aromatic nitrogens is 1. The van der Waals surface area contributed by atoms with Crippen LogP contribution in [0.4, 0.5) is 0 Å². The lowest BCUT2D eigenvalue weighted by atomic mass is 10.1. The van der Waals surface area contributed by atoms with E-state index in [2.05, 4.69) is 44.6 Å². The first kappa shape index (κ1) is 20.9. The first-order valence-corrected chi connectivity index (χ1v) is 10.7. The average Bonchev–Trinajstić information content (AvgIpc) is 2.88. The number of guanidine groups is 1. The Bertz CT molecular complexity index is 651. The van der Waals surface area contributed by atoms with E-state index in [0.717, 1.165) is 23.5 Å². The topological polar surface area (TPSA) is 95.5 Å². The Morgan fingerprint density at radius 1 is 1.38 bits per heavy atom. The van der Waals surface area contributed by atoms with Gasteiger partial charge < -0.3 is 10.6 Å². The molecule has 1 heterocycles. The van der Waals surface area contributed by atoms with Gasteiger partial charge in [-0.15, -0.1) is 11.3 Å². The quantitative estimate of drug-likeness (QED) is 0.474. The lowest BCUT2D eigenvalue weighted by Gasteiger charge is -2.26. The first-order chi connectivity index (χ1) is 11.0. The minimum Gasteiger partial charge on any atom is -0.357 e. The molecule has 0 amide bonds. The maximum absolute atomic E-state index is 11.4. The summed E-state index contributed by atoms with van der Waals surface area (Å²) in [4.78, 5) is 9.08. The summed E-state index contributed by atoms with van der Waals surface area (Å²) in [6, 6.07) is 0. The fraction of sp³-hybridized carbons (Fsp3) is 0.733. The third-order valence-electron chi connectivity index (χ3n) is 3.04. The van der Waals surface area contributed by atoms with E-state index in [0.29, 0.717) is 25.0 Å². The van der Waals surface area contributed by atoms with Gasteiger partial charge in [0.15, 0.2) is 5.96 Å². The highest BCUT2D eigenvalue weighted by Gasteiger charge is 2.22. The van der Waals surface area contributed by atoms with Crippen LogP contribution in [0.15, 0.2) is 10.4 Å². The molecule has 7 nitrogen and oxygen atoms in total. The summed E-state index contributed by atoms with van der Waals surface area (Å²) in [5.41, 5.74) is 0.470. The van der Waals surface area contributed by atoms with E-state index in [1.807, 2.05) is 20.8 Å². The molecule has 0 unspecified atom stereocenters. The van der Waals surface area contributed by atoms with Crippen molar-refractivity contribution in [2.45, 2.75) is 52.6 Å². The largest absolute Gasteiger partial charge is 0.357 e. The van der Waals surface area contributed by atoms with Crippen molar-refractivity contribution >= 4 is 27.3 Å². The molecule has 138 valence electrons. The van der Waals surface area contributed by atoms with Crippen molar-refractivity contribution in [1.82, 2.24) is 20.3 Å². The van der Waals surface area contributed by atoms with Gasteiger partial charge in [-0.25, -0.2) is 23.1 Å². The van der Waals surface area contributed by atoms with Crippen LogP contribution in [-0.4, -0.2) is 44.2 Å². The summed E-state index contributed by atoms with van der Waals surface area (Å²) < 4.78 is 25.4. The zero-order valence-corrected chi connectivity index (χ0v) is 16.9. The number of nitrogens with one attached hydrogen (secondary N) is 3. The normalized spacial score (nSPS) is 13.4. The van der Waals surface area contributed by atoms with Crippen LogP contribution in [0.3, 0.4) is 0 Å². The van der Waals surface area contributed by atoms with Gasteiger partial charge in [-0.2, -0.15) is 0 Å². The minimum absolute atomic E-state index is 0.410. The number of nitrogens with zero attached hydrogens (tertiary/aromatic N) is 2. The van der Waals surface area contributed by atoms with Crippen molar-refractivity contribution in [2.24, 2.45) is 4.99 Å². The Hall–Kier alpha value is -1.19. The second-order valence-electron chi connectivity index (χ2n) is 6.63. The molecule has 0 bridgehead atoms. The molecule has 1 aromatic heterocycles. The van der Waals surface area contributed by atoms with Gasteiger partial charge >= 0.3 is 0 Å². The molecule has 1 rings (SSSR count). The molecule has 0 saturated carbocycles. The lowest BCUT2D eigenvalue weighted by Crippen LogP contribution is -2.53. The van der Waals surface area contributed by atoms with Crippen LogP contribution in [0, 0.1) is 0 Å². The summed E-state index contributed by atoms with van der Waals surface area (Å²) in [6.07, 6.45) is 1.16. The average molecular weight is 376 g/mol. The van der Waals surface area contributed by atoms with Crippen molar-refractivity contribution in [1.29, 1.82) is 0 Å². The van der Waals surface area contributed by atoms with E-state index in [1.165, 1.54) is 0 Å². The molecule has 0 aliphatic rings. The maximum Gasteiger partial charge on any atom is 0.209 e. The van der Waals surface area contributed by atoms with Gasteiger partial charge in [0.1, 0.15) is 5.01 Å². The molecular formula is C15H29N5O2S2. The molecule has 9 heteroatoms. The second kappa shape index (κ2) is 8.77. The Balaban J connectivity index is 2.68. The second-order valence-corrected chi connectivity index (χ2v) is 9.32. The molecule has 0 radical (unpaired) electrons. The van der Waals surface area contributed by atoms with Crippen LogP contribution < -0.4 is 15.4 Å². The summed E-state index contributed by atoms with van der Waals surface area (Å²) in [5, 5.41) is 9.36. The fourth-order valence-corrected chi connectivity index (χ4v) is 3.95. The predicted octanol–water partition coefficient (Wildman–Crippen LogP) is 1.65. The summed E-state index contributed by atoms with van der Waals surface area (Å²) in [7, 11) is -3.26. The number of aliphatic imine (C=N–C) groups is 1. The van der Waals surface area contributed by atoms with Gasteiger partial charge in [-0.05, 0) is 26.7 Å². The first-order valence-electron chi connectivity index (χ1n) is 7.98. The van der Waals surface area contributed by atoms with Gasteiger partial charge in [0.25, 0.3) is 0 Å². The molecule has 24 heavy (non-hydrogen) atoms. The van der Waals surface area contributed by atoms with E-state index in [9.17, 15) is 8.42 Å². The van der Waals surface area contributed by atoms with Crippen molar-refractivity contribution in [3.63, 3.8) is 0 Å². The van der Waals surface area contributed by atoms with E-state index >= 15 is 0 Å². The third-order valence-corrected chi connectivity index (χ3v) is 4.81. The Labute approximate surface area is 149 Å². The molecule has 3 N–H and O–H groups in total. The highest BCUT2D eigenvalue weighted by Crippen LogP contribution is 2.18. The highest BCUT2D eigenvalue weighted by atomic mass is 32.2. The zero-order valence-electron chi connectivity index (χ0n) is 15.3. The van der Waals surface area contributed by atoms with Gasteiger partial charge in [0.2, 0.25) is 10.0 Å². The molecule has 0 atom stereocenters. The van der Waals surface area contributed by atoms with Crippen molar-refractivity contribution < 1.29 is 8.42 Å². The zero-order chi connectivity index (χ0) is 18.4. The molecular weight excluding hydrogens is 346 g/mol. The van der Waals surface area contributed by atoms with E-state index in [4.69, 9.17) is 0 Å². The number of hydrogen-bond acceptors (Lipinski definition) is 5. The number of sulfonamides is 1. The smallest absolute Gasteiger partial charge is 0.209 e. The van der Waals surface area contributed by atoms with Gasteiger partial charge in [-0.1, -0.05) is 13.8 Å². The summed E-state index contributed by atoms with van der Waals surface area (Å²) >= 11 is 1.60. The third kappa shape index (κ3) is 8.07. The van der Waals surface area contributed by atoms with Crippen LogP contribution in [0.5, 0.6) is 0 Å². The lowest BCUT2D eigenvalue weighted by molar-refractivity contribution is 0.446. The SMILES string of the molecule is CCNC(=NCc1nc(C(C)C)cs1)NCC(C)(C)NS(C)(=O)=O. The molecule has 0 fully saturated rings. The van der Waals surface area contributed by atoms with Gasteiger partial charge in [-0.3, -0.25) is 0 Å². The van der Waals surface area contributed by atoms with E-state index < -0.39 is 15.6 Å². The van der Waals surface area contributed by atoms with Crippen LogP contribution in [0.2, 0.25) is 0 Å². The summed E-state index contributed by atoms with van der Waals surface area (Å²) in [5.74, 6) is 1.05. The Morgan fingerprint density at radius 2 is 2.04 bits per heavy atom. The molecule has 0 spiro atoms. The molecule has 0 aromatic carbocycles. The molecule has 0 aliphatic carbocycles. The summed E-state index contributed by atoms with van der Waals surface area (Å²) in [6.45, 7) is 11.5. The molecule has 1 aromatic rings. The van der Waals surface area contributed by atoms with E-state index in [-0.39, 0.29) is 0 Å². The molecule has 0 saturated heterocycles. The monoisotopic (exact) mass is 375 g/mol. The molecule has 0 aliphatic heterocycles. The van der Waals surface area contributed by atoms with Crippen LogP contribution in [-0.2, 0) is 16.6 Å². The van der Waals surface area contributed by atoms with Crippen LogP contribution in [0.1, 0.15) is 51.2 Å². The van der Waals surface area contributed by atoms with Gasteiger partial charge in [0, 0.05) is 24.0 Å². The standard InChI is InChI=1S/C15H29N5O2S2/c1-7-16-14(18-10-15(4,5)20-24(6,21)22)17-8-13-19-12(9-23-13)11(2)3/h9,11,20H,7-8,10H2,1-6H3,(H2,16,17,18). The minimum atomic E-state index is -3.26. The Morgan fingerprint density at radius 3 is 2.54 bits per heavy atom. The number of rotatable bonds is 8.